The van der Waals surface area contributed by atoms with E-state index in [4.69, 9.17) is 0 Å². The average molecular weight is 328 g/mol. The van der Waals surface area contributed by atoms with E-state index >= 15 is 0 Å². The van der Waals surface area contributed by atoms with Crippen molar-refractivity contribution in [3.8, 4) is 0 Å². The Labute approximate surface area is 137 Å². The van der Waals surface area contributed by atoms with Gasteiger partial charge in [-0.1, -0.05) is 24.3 Å². The fraction of sp³-hybridized carbons (Fsp3) is 0.133. The van der Waals surface area contributed by atoms with Crippen LogP contribution in [0.3, 0.4) is 0 Å². The highest BCUT2D eigenvalue weighted by Crippen LogP contribution is 2.28. The van der Waals surface area contributed by atoms with Crippen LogP contribution in [0, 0.1) is 17.0 Å². The first kappa shape index (κ1) is 16.9. The zero-order chi connectivity index (χ0) is 17.5. The minimum absolute atomic E-state index is 0.0301. The average Bonchev–Trinajstić information content (AvgIpc) is 2.57. The second-order valence-corrected chi connectivity index (χ2v) is 4.74. The number of hydrogen-bond acceptors (Lipinski definition) is 7. The third-order valence-electron chi connectivity index (χ3n) is 3.10. The first-order valence-corrected chi connectivity index (χ1v) is 7.00. The number of benzene rings is 1. The highest BCUT2D eigenvalue weighted by molar-refractivity contribution is 5.96. The zero-order valence-corrected chi connectivity index (χ0v) is 12.9. The molecule has 2 aromatic rings. The van der Waals surface area contributed by atoms with Gasteiger partial charge in [0.25, 0.3) is 5.91 Å². The van der Waals surface area contributed by atoms with Crippen LogP contribution in [0.4, 0.5) is 17.3 Å². The third kappa shape index (κ3) is 3.83. The van der Waals surface area contributed by atoms with Gasteiger partial charge in [-0.2, -0.15) is 0 Å². The maximum absolute atomic E-state index is 12.2. The van der Waals surface area contributed by atoms with Crippen LogP contribution in [-0.2, 0) is 0 Å². The summed E-state index contributed by atoms with van der Waals surface area (Å²) in [5.41, 5.74) is 5.74. The highest BCUT2D eigenvalue weighted by atomic mass is 16.6. The molecule has 9 heteroatoms. The SMILES string of the molecule is C=CCNc1ncnc(NNC(=O)c2ccccc2C)c1[N+](=O)[O-]. The lowest BCUT2D eigenvalue weighted by Gasteiger charge is -2.11. The Kier molecular flexibility index (Phi) is 5.40. The molecule has 0 aliphatic heterocycles. The Morgan fingerprint density at radius 1 is 1.33 bits per heavy atom. The van der Waals surface area contributed by atoms with Gasteiger partial charge in [-0.3, -0.25) is 25.8 Å². The van der Waals surface area contributed by atoms with Crippen LogP contribution in [0.5, 0.6) is 0 Å². The first-order valence-electron chi connectivity index (χ1n) is 7.00. The maximum atomic E-state index is 12.2. The van der Waals surface area contributed by atoms with Crippen molar-refractivity contribution in [2.45, 2.75) is 6.92 Å². The van der Waals surface area contributed by atoms with Crippen LogP contribution in [0.25, 0.3) is 0 Å². The minimum Gasteiger partial charge on any atom is -0.361 e. The number of anilines is 2. The molecule has 1 amide bonds. The van der Waals surface area contributed by atoms with E-state index in [9.17, 15) is 14.9 Å². The number of aryl methyl sites for hydroxylation is 1. The van der Waals surface area contributed by atoms with Crippen molar-refractivity contribution in [2.75, 3.05) is 17.3 Å². The first-order chi connectivity index (χ1) is 11.5. The van der Waals surface area contributed by atoms with Crippen LogP contribution >= 0.6 is 0 Å². The lowest BCUT2D eigenvalue weighted by molar-refractivity contribution is -0.383. The lowest BCUT2D eigenvalue weighted by atomic mass is 10.1. The van der Waals surface area contributed by atoms with Gasteiger partial charge < -0.3 is 5.32 Å². The molecular formula is C15H16N6O3. The van der Waals surface area contributed by atoms with E-state index in [2.05, 4.69) is 32.7 Å². The number of nitrogens with one attached hydrogen (secondary N) is 3. The molecular weight excluding hydrogens is 312 g/mol. The summed E-state index contributed by atoms with van der Waals surface area (Å²) in [5, 5.41) is 14.0. The Balaban J connectivity index is 2.20. The molecule has 0 atom stereocenters. The lowest BCUT2D eigenvalue weighted by Crippen LogP contribution is -2.30. The van der Waals surface area contributed by atoms with E-state index in [1.54, 1.807) is 31.2 Å². The smallest absolute Gasteiger partial charge is 0.354 e. The fourth-order valence-corrected chi connectivity index (χ4v) is 1.95. The van der Waals surface area contributed by atoms with Crippen molar-refractivity contribution in [1.29, 1.82) is 0 Å². The van der Waals surface area contributed by atoms with Crippen molar-refractivity contribution < 1.29 is 9.72 Å². The van der Waals surface area contributed by atoms with E-state index in [1.165, 1.54) is 0 Å². The predicted octanol–water partition coefficient (Wildman–Crippen LogP) is 2.05. The molecule has 3 N–H and O–H groups in total. The second kappa shape index (κ2) is 7.68. The van der Waals surface area contributed by atoms with Crippen LogP contribution in [0.2, 0.25) is 0 Å². The number of hydrogen-bond donors (Lipinski definition) is 3. The molecule has 1 heterocycles. The number of aromatic nitrogens is 2. The topological polar surface area (TPSA) is 122 Å². The van der Waals surface area contributed by atoms with Gasteiger partial charge in [0.05, 0.1) is 4.92 Å². The number of hydrazine groups is 1. The molecule has 0 bridgehead atoms. The maximum Gasteiger partial charge on any atom is 0.354 e. The van der Waals surface area contributed by atoms with Crippen LogP contribution in [-0.4, -0.2) is 27.3 Å². The van der Waals surface area contributed by atoms with Crippen LogP contribution in [0.1, 0.15) is 15.9 Å². The van der Waals surface area contributed by atoms with Gasteiger partial charge in [-0.05, 0) is 18.6 Å². The summed E-state index contributed by atoms with van der Waals surface area (Å²) in [4.78, 5) is 30.5. The quantitative estimate of drug-likeness (QED) is 0.404. The van der Waals surface area contributed by atoms with Crippen molar-refractivity contribution in [2.24, 2.45) is 0 Å². The van der Waals surface area contributed by atoms with Crippen molar-refractivity contribution in [1.82, 2.24) is 15.4 Å². The van der Waals surface area contributed by atoms with E-state index in [1.807, 2.05) is 6.07 Å². The normalized spacial score (nSPS) is 9.88. The van der Waals surface area contributed by atoms with E-state index in [0.717, 1.165) is 11.9 Å². The summed E-state index contributed by atoms with van der Waals surface area (Å²) in [6, 6.07) is 6.98. The summed E-state index contributed by atoms with van der Waals surface area (Å²) in [7, 11) is 0. The summed E-state index contributed by atoms with van der Waals surface area (Å²) in [6.07, 6.45) is 2.69. The Morgan fingerprint density at radius 3 is 2.71 bits per heavy atom. The minimum atomic E-state index is -0.631. The fourth-order valence-electron chi connectivity index (χ4n) is 1.95. The number of amides is 1. The Morgan fingerprint density at radius 2 is 2.04 bits per heavy atom. The van der Waals surface area contributed by atoms with E-state index < -0.39 is 10.8 Å². The van der Waals surface area contributed by atoms with Crippen LogP contribution < -0.4 is 16.2 Å². The molecule has 0 saturated carbocycles. The van der Waals surface area contributed by atoms with Gasteiger partial charge in [0, 0.05) is 12.1 Å². The second-order valence-electron chi connectivity index (χ2n) is 4.74. The predicted molar refractivity (Wildman–Crippen MR) is 89.6 cm³/mol. The molecule has 0 aliphatic carbocycles. The highest BCUT2D eigenvalue weighted by Gasteiger charge is 2.23. The van der Waals surface area contributed by atoms with Gasteiger partial charge in [-0.15, -0.1) is 6.58 Å². The molecule has 0 saturated heterocycles. The number of carbonyl (C=O) groups is 1. The zero-order valence-electron chi connectivity index (χ0n) is 12.9. The molecule has 2 rings (SSSR count). The molecule has 124 valence electrons. The summed E-state index contributed by atoms with van der Waals surface area (Å²) in [6.45, 7) is 5.62. The van der Waals surface area contributed by atoms with Gasteiger partial charge in [0.2, 0.25) is 11.6 Å². The standard InChI is InChI=1S/C15H16N6O3/c1-3-8-16-13-12(21(23)24)14(18-9-17-13)19-20-15(22)11-7-5-4-6-10(11)2/h3-7,9H,1,8H2,2H3,(H,20,22)(H2,16,17,18,19). The largest absolute Gasteiger partial charge is 0.361 e. The molecule has 9 nitrogen and oxygen atoms in total. The molecule has 0 radical (unpaired) electrons. The summed E-state index contributed by atoms with van der Waals surface area (Å²) >= 11 is 0. The third-order valence-corrected chi connectivity index (χ3v) is 3.10. The van der Waals surface area contributed by atoms with Gasteiger partial charge in [0.1, 0.15) is 6.33 Å². The van der Waals surface area contributed by atoms with E-state index in [0.29, 0.717) is 12.1 Å². The molecule has 0 unspecified atom stereocenters. The number of nitrogens with zero attached hydrogens (tertiary/aromatic N) is 3. The van der Waals surface area contributed by atoms with Gasteiger partial charge in [-0.25, -0.2) is 9.97 Å². The van der Waals surface area contributed by atoms with Crippen molar-refractivity contribution >= 4 is 23.2 Å². The molecule has 0 spiro atoms. The van der Waals surface area contributed by atoms with Crippen molar-refractivity contribution in [3.63, 3.8) is 0 Å². The molecule has 1 aromatic carbocycles. The summed E-state index contributed by atoms with van der Waals surface area (Å²) < 4.78 is 0. The number of rotatable bonds is 7. The number of carbonyl (C=O) groups excluding carboxylic acids is 1. The molecule has 1 aromatic heterocycles. The van der Waals surface area contributed by atoms with Gasteiger partial charge >= 0.3 is 5.69 Å². The molecule has 24 heavy (non-hydrogen) atoms. The van der Waals surface area contributed by atoms with E-state index in [-0.39, 0.29) is 17.3 Å². The molecule has 0 aliphatic rings. The number of nitro groups is 1. The Hall–Kier alpha value is -3.49. The molecule has 0 fully saturated rings. The van der Waals surface area contributed by atoms with Gasteiger partial charge in [0.15, 0.2) is 0 Å². The van der Waals surface area contributed by atoms with Crippen LogP contribution in [0.15, 0.2) is 43.2 Å². The monoisotopic (exact) mass is 328 g/mol. The summed E-state index contributed by atoms with van der Waals surface area (Å²) in [5.74, 6) is -0.521. The Bertz CT molecular complexity index is 778. The van der Waals surface area contributed by atoms with Crippen molar-refractivity contribution in [3.05, 3.63) is 64.5 Å².